The molecule has 1 heterocycles. The molecule has 28 heavy (non-hydrogen) atoms. The Morgan fingerprint density at radius 3 is 2.82 bits per heavy atom. The zero-order chi connectivity index (χ0) is 19.9. The third kappa shape index (κ3) is 4.67. The molecule has 0 aromatic heterocycles. The second-order valence-electron chi connectivity index (χ2n) is 5.93. The number of benzene rings is 2. The molecular weight excluding hydrogens is 358 g/mol. The van der Waals surface area contributed by atoms with Crippen LogP contribution in [-0.2, 0) is 6.61 Å². The number of para-hydroxylation sites is 1. The number of aryl methyl sites for hydroxylation is 1. The van der Waals surface area contributed by atoms with Gasteiger partial charge in [-0.2, -0.15) is 5.10 Å². The van der Waals surface area contributed by atoms with E-state index in [1.807, 2.05) is 37.3 Å². The van der Waals surface area contributed by atoms with Gasteiger partial charge in [0, 0.05) is 5.56 Å². The molecule has 0 spiro atoms. The van der Waals surface area contributed by atoms with E-state index in [0.29, 0.717) is 23.7 Å². The van der Waals surface area contributed by atoms with Crippen molar-refractivity contribution < 1.29 is 14.3 Å². The molecule has 0 aliphatic carbocycles. The maximum atomic E-state index is 11.3. The van der Waals surface area contributed by atoms with Gasteiger partial charge in [0.2, 0.25) is 0 Å². The Labute approximate surface area is 162 Å². The number of rotatable bonds is 6. The van der Waals surface area contributed by atoms with Crippen LogP contribution < -0.4 is 14.8 Å². The third-order valence-corrected chi connectivity index (χ3v) is 3.81. The molecule has 0 bridgehead atoms. The van der Waals surface area contributed by atoms with Gasteiger partial charge >= 0.3 is 6.03 Å². The number of amides is 2. The number of nitrogens with one attached hydrogen (secondary N) is 1. The van der Waals surface area contributed by atoms with E-state index in [1.165, 1.54) is 6.21 Å². The minimum atomic E-state index is -0.620. The fourth-order valence-electron chi connectivity index (χ4n) is 2.49. The van der Waals surface area contributed by atoms with E-state index in [4.69, 9.17) is 9.47 Å². The van der Waals surface area contributed by atoms with Crippen molar-refractivity contribution in [2.24, 2.45) is 20.4 Å². The first-order valence-corrected chi connectivity index (χ1v) is 8.45. The smallest absolute Gasteiger partial charge is 0.365 e. The molecule has 0 saturated carbocycles. The number of ether oxygens (including phenoxy) is 2. The van der Waals surface area contributed by atoms with Gasteiger partial charge in [-0.1, -0.05) is 47.6 Å². The Hall–Kier alpha value is -3.81. The van der Waals surface area contributed by atoms with Crippen LogP contribution in [-0.4, -0.2) is 25.2 Å². The highest BCUT2D eigenvalue weighted by Crippen LogP contribution is 2.31. The van der Waals surface area contributed by atoms with Gasteiger partial charge in [-0.3, -0.25) is 5.32 Å². The minimum Gasteiger partial charge on any atom is -0.493 e. The first-order chi connectivity index (χ1) is 13.6. The average molecular weight is 377 g/mol. The molecular formula is C20H19N5O3. The highest BCUT2D eigenvalue weighted by atomic mass is 16.5. The molecule has 0 radical (unpaired) electrons. The standard InChI is InChI=1S/C20H19N5O3/c1-13-6-4-7-15(10-13)12-28-18-16(8-5-9-17(18)27-3)11-21-24-19-14(2)23-25-20(26)22-19/h4-11H,2,12H2,1,3H3,(H,22,24,26)/b21-11+. The molecule has 8 nitrogen and oxygen atoms in total. The molecule has 142 valence electrons. The lowest BCUT2D eigenvalue weighted by Gasteiger charge is -2.13. The van der Waals surface area contributed by atoms with Crippen LogP contribution in [0.3, 0.4) is 0 Å². The number of carbonyl (C=O) groups excluding carboxylic acids is 1. The minimum absolute atomic E-state index is 0.140. The van der Waals surface area contributed by atoms with E-state index in [2.05, 4.69) is 38.4 Å². The number of hydrogen-bond donors (Lipinski definition) is 1. The van der Waals surface area contributed by atoms with Gasteiger partial charge < -0.3 is 9.47 Å². The summed E-state index contributed by atoms with van der Waals surface area (Å²) in [7, 11) is 1.57. The van der Waals surface area contributed by atoms with Crippen molar-refractivity contribution in [1.82, 2.24) is 5.32 Å². The van der Waals surface area contributed by atoms with Crippen LogP contribution in [0.25, 0.3) is 0 Å². The van der Waals surface area contributed by atoms with Crippen LogP contribution in [0, 0.1) is 6.92 Å². The molecule has 0 fully saturated rings. The topological polar surface area (TPSA) is 97.0 Å². The number of amidine groups is 1. The summed E-state index contributed by atoms with van der Waals surface area (Å²) < 4.78 is 11.4. The zero-order valence-corrected chi connectivity index (χ0v) is 15.5. The van der Waals surface area contributed by atoms with Gasteiger partial charge in [0.1, 0.15) is 12.3 Å². The Morgan fingerprint density at radius 2 is 2.04 bits per heavy atom. The number of urea groups is 1. The van der Waals surface area contributed by atoms with Crippen LogP contribution in [0.15, 0.2) is 75.2 Å². The Kier molecular flexibility index (Phi) is 5.91. The lowest BCUT2D eigenvalue weighted by atomic mass is 10.1. The van der Waals surface area contributed by atoms with E-state index in [1.54, 1.807) is 13.2 Å². The predicted molar refractivity (Wildman–Crippen MR) is 106 cm³/mol. The van der Waals surface area contributed by atoms with E-state index in [9.17, 15) is 4.79 Å². The fraction of sp³-hybridized carbons (Fsp3) is 0.150. The molecule has 0 unspecified atom stereocenters. The summed E-state index contributed by atoms with van der Waals surface area (Å²) in [5.74, 6) is 1.26. The van der Waals surface area contributed by atoms with Crippen molar-refractivity contribution in [3.63, 3.8) is 0 Å². The van der Waals surface area contributed by atoms with E-state index < -0.39 is 6.03 Å². The molecule has 1 aliphatic rings. The SMILES string of the molecule is C=C1N=NC(=O)N/C1=N/N=C/c1cccc(OC)c1OCc1cccc(C)c1. The summed E-state index contributed by atoms with van der Waals surface area (Å²) in [5, 5.41) is 17.3. The normalized spacial score (nSPS) is 15.1. The molecule has 2 aromatic rings. The largest absolute Gasteiger partial charge is 0.493 e. The van der Waals surface area contributed by atoms with Gasteiger partial charge in [0.05, 0.1) is 13.3 Å². The summed E-state index contributed by atoms with van der Waals surface area (Å²) >= 11 is 0. The zero-order valence-electron chi connectivity index (χ0n) is 15.5. The van der Waals surface area contributed by atoms with Crippen LogP contribution in [0.5, 0.6) is 11.5 Å². The summed E-state index contributed by atoms with van der Waals surface area (Å²) in [6, 6.07) is 12.9. The van der Waals surface area contributed by atoms with Crippen LogP contribution in [0.1, 0.15) is 16.7 Å². The van der Waals surface area contributed by atoms with Crippen molar-refractivity contribution in [1.29, 1.82) is 0 Å². The van der Waals surface area contributed by atoms with Crippen molar-refractivity contribution in [3.8, 4) is 11.5 Å². The van der Waals surface area contributed by atoms with Gasteiger partial charge in [-0.15, -0.1) is 10.2 Å². The monoisotopic (exact) mass is 377 g/mol. The highest BCUT2D eigenvalue weighted by Gasteiger charge is 2.14. The number of hydrogen-bond acceptors (Lipinski definition) is 6. The summed E-state index contributed by atoms with van der Waals surface area (Å²) in [6.07, 6.45) is 1.51. The first-order valence-electron chi connectivity index (χ1n) is 8.45. The van der Waals surface area contributed by atoms with Gasteiger partial charge in [0.15, 0.2) is 17.3 Å². The van der Waals surface area contributed by atoms with E-state index in [-0.39, 0.29) is 11.5 Å². The van der Waals surface area contributed by atoms with Crippen LogP contribution in [0.4, 0.5) is 4.79 Å². The Morgan fingerprint density at radius 1 is 1.21 bits per heavy atom. The second kappa shape index (κ2) is 8.72. The molecule has 2 aromatic carbocycles. The van der Waals surface area contributed by atoms with Gasteiger partial charge in [-0.05, 0) is 24.6 Å². The summed E-state index contributed by atoms with van der Waals surface area (Å²) in [4.78, 5) is 11.3. The third-order valence-electron chi connectivity index (χ3n) is 3.81. The number of carbonyl (C=O) groups is 1. The Balaban J connectivity index is 1.82. The molecule has 3 rings (SSSR count). The first kappa shape index (κ1) is 19.0. The molecule has 0 saturated heterocycles. The van der Waals surface area contributed by atoms with Crippen molar-refractivity contribution in [2.75, 3.05) is 7.11 Å². The molecule has 0 atom stereocenters. The lowest BCUT2D eigenvalue weighted by molar-refractivity contribution is 0.251. The molecule has 8 heteroatoms. The molecule has 1 N–H and O–H groups in total. The Bertz CT molecular complexity index is 995. The summed E-state index contributed by atoms with van der Waals surface area (Å²) in [5.41, 5.74) is 3.09. The number of nitrogens with zero attached hydrogens (tertiary/aromatic N) is 4. The van der Waals surface area contributed by atoms with Gasteiger partial charge in [-0.25, -0.2) is 4.79 Å². The number of methoxy groups -OCH3 is 1. The van der Waals surface area contributed by atoms with Crippen molar-refractivity contribution >= 4 is 18.1 Å². The maximum absolute atomic E-state index is 11.3. The maximum Gasteiger partial charge on any atom is 0.365 e. The highest BCUT2D eigenvalue weighted by molar-refractivity contribution is 6.08. The number of azo groups is 1. The summed E-state index contributed by atoms with van der Waals surface area (Å²) in [6.45, 7) is 6.05. The van der Waals surface area contributed by atoms with Gasteiger partial charge in [0.25, 0.3) is 0 Å². The van der Waals surface area contributed by atoms with Crippen LogP contribution in [0.2, 0.25) is 0 Å². The van der Waals surface area contributed by atoms with E-state index >= 15 is 0 Å². The van der Waals surface area contributed by atoms with Crippen LogP contribution >= 0.6 is 0 Å². The molecule has 2 amide bonds. The second-order valence-corrected chi connectivity index (χ2v) is 5.93. The predicted octanol–water partition coefficient (Wildman–Crippen LogP) is 4.00. The average Bonchev–Trinajstić information content (AvgIpc) is 2.69. The lowest BCUT2D eigenvalue weighted by Crippen LogP contribution is -2.31. The molecule has 1 aliphatic heterocycles. The van der Waals surface area contributed by atoms with Crippen molar-refractivity contribution in [2.45, 2.75) is 13.5 Å². The quantitative estimate of drug-likeness (QED) is 0.608. The fourth-order valence-corrected chi connectivity index (χ4v) is 2.49. The van der Waals surface area contributed by atoms with E-state index in [0.717, 1.165) is 11.1 Å². The van der Waals surface area contributed by atoms with Crippen molar-refractivity contribution in [3.05, 3.63) is 71.4 Å².